The van der Waals surface area contributed by atoms with Crippen LogP contribution in [0.1, 0.15) is 6.92 Å². The van der Waals surface area contributed by atoms with E-state index in [4.69, 9.17) is 0 Å². The van der Waals surface area contributed by atoms with E-state index in [1.807, 2.05) is 13.2 Å². The van der Waals surface area contributed by atoms with Gasteiger partial charge < -0.3 is 10.1 Å². The Hall–Kier alpha value is -1.31. The van der Waals surface area contributed by atoms with Crippen molar-refractivity contribution < 1.29 is 9.55 Å². The van der Waals surface area contributed by atoms with E-state index in [2.05, 4.69) is 19.3 Å². The Morgan fingerprint density at radius 1 is 1.69 bits per heavy atom. The van der Waals surface area contributed by atoms with Gasteiger partial charge in [0.25, 0.3) is 0 Å². The normalized spacial score (nSPS) is 13.1. The van der Waals surface area contributed by atoms with Gasteiger partial charge in [-0.25, -0.2) is 0 Å². The lowest BCUT2D eigenvalue weighted by Gasteiger charge is -1.91. The van der Waals surface area contributed by atoms with Crippen LogP contribution >= 0.6 is 0 Å². The summed E-state index contributed by atoms with van der Waals surface area (Å²) in [4.78, 5) is 9.67. The minimum atomic E-state index is -0.664. The van der Waals surface area contributed by atoms with Crippen LogP contribution in [-0.4, -0.2) is 27.2 Å². The molecular weight excluding hydrogens is 196 g/mol. The van der Waals surface area contributed by atoms with Gasteiger partial charge in [0.15, 0.2) is 5.16 Å². The molecule has 0 radical (unpaired) electrons. The highest BCUT2D eigenvalue weighted by atomic mass is 32.2. The fraction of sp³-hybridized carbons (Fsp3) is 0.600. The topological polar surface area (TPSA) is 94.4 Å². The molecule has 1 atom stereocenters. The van der Waals surface area contributed by atoms with Crippen molar-refractivity contribution in [2.45, 2.75) is 6.92 Å². The zero-order chi connectivity index (χ0) is 9.84. The standard InChI is InChI=1S/C5H8N4O3S/c1-3-13(2)8-4-5(9(10)11)7-12-6-4/h3H2,1-2H3. The molecule has 0 aliphatic heterocycles. The van der Waals surface area contributed by atoms with Crippen LogP contribution in [0.3, 0.4) is 0 Å². The largest absolute Gasteiger partial charge is 0.461 e. The molecule has 1 heterocycles. The van der Waals surface area contributed by atoms with E-state index < -0.39 is 10.7 Å². The smallest absolute Gasteiger partial charge is 0.358 e. The molecule has 0 spiro atoms. The lowest BCUT2D eigenvalue weighted by atomic mass is 10.7. The van der Waals surface area contributed by atoms with Gasteiger partial charge >= 0.3 is 11.6 Å². The van der Waals surface area contributed by atoms with E-state index in [0.29, 0.717) is 0 Å². The summed E-state index contributed by atoms with van der Waals surface area (Å²) in [6, 6.07) is 0. The lowest BCUT2D eigenvalue weighted by molar-refractivity contribution is -0.390. The van der Waals surface area contributed by atoms with Crippen molar-refractivity contribution >= 4 is 22.3 Å². The van der Waals surface area contributed by atoms with Gasteiger partial charge in [-0.1, -0.05) is 17.6 Å². The van der Waals surface area contributed by atoms with Crippen molar-refractivity contribution in [3.8, 4) is 0 Å². The van der Waals surface area contributed by atoms with Crippen LogP contribution in [0.2, 0.25) is 0 Å². The van der Waals surface area contributed by atoms with Gasteiger partial charge in [0, 0.05) is 10.9 Å². The average Bonchev–Trinajstić information content (AvgIpc) is 2.52. The van der Waals surface area contributed by atoms with Crippen molar-refractivity contribution in [1.82, 2.24) is 10.3 Å². The molecule has 7 nitrogen and oxygen atoms in total. The van der Waals surface area contributed by atoms with E-state index in [1.54, 1.807) is 0 Å². The molecule has 8 heteroatoms. The number of rotatable bonds is 3. The fourth-order valence-corrected chi connectivity index (χ4v) is 1.10. The van der Waals surface area contributed by atoms with Crippen molar-refractivity contribution in [3.05, 3.63) is 10.1 Å². The highest BCUT2D eigenvalue weighted by Gasteiger charge is 2.21. The average molecular weight is 204 g/mol. The van der Waals surface area contributed by atoms with Gasteiger partial charge in [0.05, 0.1) is 0 Å². The minimum absolute atomic E-state index is 0.0299. The van der Waals surface area contributed by atoms with E-state index >= 15 is 0 Å². The molecule has 0 aliphatic rings. The SMILES string of the molecule is CCS(C)=Nc1nonc1[N+](=O)[O-]. The first-order valence-electron chi connectivity index (χ1n) is 3.46. The summed E-state index contributed by atoms with van der Waals surface area (Å²) in [5.74, 6) is 0.356. The Labute approximate surface area is 76.3 Å². The first kappa shape index (κ1) is 9.78. The van der Waals surface area contributed by atoms with Gasteiger partial charge in [-0.05, 0) is 11.2 Å². The Morgan fingerprint density at radius 2 is 2.38 bits per heavy atom. The van der Waals surface area contributed by atoms with E-state index in [1.165, 1.54) is 0 Å². The van der Waals surface area contributed by atoms with E-state index in [0.717, 1.165) is 5.75 Å². The molecule has 1 rings (SSSR count). The number of nitrogens with zero attached hydrogens (tertiary/aromatic N) is 4. The van der Waals surface area contributed by atoms with Crippen molar-refractivity contribution in [2.75, 3.05) is 12.0 Å². The molecule has 0 amide bonds. The van der Waals surface area contributed by atoms with Gasteiger partial charge in [0.1, 0.15) is 0 Å². The molecule has 1 aromatic heterocycles. The van der Waals surface area contributed by atoms with Gasteiger partial charge in [-0.3, -0.25) is 0 Å². The molecule has 0 N–H and O–H groups in total. The number of nitro groups is 1. The Balaban J connectivity index is 3.01. The first-order valence-corrected chi connectivity index (χ1v) is 5.22. The molecule has 0 saturated carbocycles. The third-order valence-corrected chi connectivity index (χ3v) is 2.61. The second-order valence-electron chi connectivity index (χ2n) is 2.15. The van der Waals surface area contributed by atoms with Crippen LogP contribution in [0.15, 0.2) is 8.99 Å². The zero-order valence-electron chi connectivity index (χ0n) is 7.13. The summed E-state index contributed by atoms with van der Waals surface area (Å²) >= 11 is 0. The van der Waals surface area contributed by atoms with Gasteiger partial charge in [-0.15, -0.1) is 4.63 Å². The predicted octanol–water partition coefficient (Wildman–Crippen LogP) is 1.06. The third-order valence-electron chi connectivity index (χ3n) is 1.29. The third kappa shape index (κ3) is 2.31. The molecule has 0 bridgehead atoms. The maximum atomic E-state index is 10.3. The predicted molar refractivity (Wildman–Crippen MR) is 46.9 cm³/mol. The molecule has 0 aromatic carbocycles. The Kier molecular flexibility index (Phi) is 3.07. The summed E-state index contributed by atoms with van der Waals surface area (Å²) in [5, 5.41) is 16.8. The Morgan fingerprint density at radius 3 is 2.92 bits per heavy atom. The molecule has 0 fully saturated rings. The van der Waals surface area contributed by atoms with Crippen molar-refractivity contribution in [2.24, 2.45) is 4.36 Å². The monoisotopic (exact) mass is 204 g/mol. The first-order chi connectivity index (χ1) is 6.15. The molecule has 1 aromatic rings. The summed E-state index contributed by atoms with van der Waals surface area (Å²) in [6.45, 7) is 1.94. The van der Waals surface area contributed by atoms with Crippen molar-refractivity contribution in [3.63, 3.8) is 0 Å². The minimum Gasteiger partial charge on any atom is -0.358 e. The molecule has 1 unspecified atom stereocenters. The Bertz CT molecular complexity index is 347. The lowest BCUT2D eigenvalue weighted by Crippen LogP contribution is -1.90. The van der Waals surface area contributed by atoms with Crippen LogP contribution in [0, 0.1) is 10.1 Å². The summed E-state index contributed by atoms with van der Waals surface area (Å²) in [6.07, 6.45) is 1.86. The zero-order valence-corrected chi connectivity index (χ0v) is 7.95. The highest BCUT2D eigenvalue weighted by Crippen LogP contribution is 2.21. The van der Waals surface area contributed by atoms with Crippen LogP contribution in [0.5, 0.6) is 0 Å². The fourth-order valence-electron chi connectivity index (χ4n) is 0.564. The highest BCUT2D eigenvalue weighted by molar-refractivity contribution is 7.86. The number of hydrogen-bond acceptors (Lipinski definition) is 6. The molecule has 13 heavy (non-hydrogen) atoms. The van der Waals surface area contributed by atoms with Crippen LogP contribution < -0.4 is 0 Å². The number of aromatic nitrogens is 2. The van der Waals surface area contributed by atoms with Crippen LogP contribution in [0.25, 0.3) is 0 Å². The maximum Gasteiger partial charge on any atom is 0.461 e. The van der Waals surface area contributed by atoms with E-state index in [9.17, 15) is 10.1 Å². The summed E-state index contributed by atoms with van der Waals surface area (Å²) < 4.78 is 8.20. The number of hydrogen-bond donors (Lipinski definition) is 0. The van der Waals surface area contributed by atoms with Gasteiger partial charge in [0.2, 0.25) is 0 Å². The molecular formula is C5H8N4O3S. The molecule has 0 aliphatic carbocycles. The van der Waals surface area contributed by atoms with Gasteiger partial charge in [-0.2, -0.15) is 4.36 Å². The second kappa shape index (κ2) is 4.08. The maximum absolute atomic E-state index is 10.3. The van der Waals surface area contributed by atoms with Crippen LogP contribution in [0.4, 0.5) is 11.6 Å². The molecule has 0 saturated heterocycles. The van der Waals surface area contributed by atoms with E-state index in [-0.39, 0.29) is 16.5 Å². The van der Waals surface area contributed by atoms with Crippen molar-refractivity contribution in [1.29, 1.82) is 0 Å². The molecule has 72 valence electrons. The van der Waals surface area contributed by atoms with Crippen LogP contribution in [-0.2, 0) is 10.7 Å². The quantitative estimate of drug-likeness (QED) is 0.542. The second-order valence-corrected chi connectivity index (χ2v) is 4.11. The summed E-state index contributed by atoms with van der Waals surface area (Å²) in [7, 11) is -0.275. The summed E-state index contributed by atoms with van der Waals surface area (Å²) in [5.41, 5.74) is 0.